The van der Waals surface area contributed by atoms with Crippen molar-refractivity contribution in [1.82, 2.24) is 19.5 Å². The van der Waals surface area contributed by atoms with Crippen molar-refractivity contribution in [1.29, 1.82) is 0 Å². The molecule has 0 saturated carbocycles. The molecular weight excluding hydrogens is 230 g/mol. The Morgan fingerprint density at radius 1 is 1.11 bits per heavy atom. The van der Waals surface area contributed by atoms with Gasteiger partial charge in [0.25, 0.3) is 0 Å². The summed E-state index contributed by atoms with van der Waals surface area (Å²) in [4.78, 5) is 15.3. The van der Waals surface area contributed by atoms with Gasteiger partial charge in [-0.3, -0.25) is 0 Å². The second-order valence-electron chi connectivity index (χ2n) is 4.58. The minimum absolute atomic E-state index is 0.0918. The van der Waals surface area contributed by atoms with Crippen LogP contribution in [0.25, 0.3) is 11.2 Å². The topological polar surface area (TPSA) is 67.1 Å². The predicted molar refractivity (Wildman–Crippen MR) is 68.5 cm³/mol. The Hall–Kier alpha value is -1.69. The van der Waals surface area contributed by atoms with Crippen molar-refractivity contribution in [2.45, 2.75) is 25.8 Å². The van der Waals surface area contributed by atoms with Crippen LogP contribution in [0.15, 0.2) is 12.7 Å². The third-order valence-corrected chi connectivity index (χ3v) is 3.38. The van der Waals surface area contributed by atoms with Crippen LogP contribution >= 0.6 is 0 Å². The Bertz CT molecular complexity index is 532. The van der Waals surface area contributed by atoms with E-state index in [4.69, 9.17) is 5.11 Å². The first-order chi connectivity index (χ1) is 8.90. The van der Waals surface area contributed by atoms with Crippen molar-refractivity contribution in [2.75, 3.05) is 24.6 Å². The Kier molecular flexibility index (Phi) is 3.10. The molecule has 6 heteroatoms. The average molecular weight is 247 g/mol. The van der Waals surface area contributed by atoms with Crippen LogP contribution in [-0.4, -0.2) is 44.3 Å². The summed E-state index contributed by atoms with van der Waals surface area (Å²) in [6, 6.07) is 0. The molecule has 18 heavy (non-hydrogen) atoms. The minimum atomic E-state index is 0.0918. The van der Waals surface area contributed by atoms with Crippen molar-refractivity contribution in [3.8, 4) is 0 Å². The van der Waals surface area contributed by atoms with Gasteiger partial charge in [0, 0.05) is 19.6 Å². The highest BCUT2D eigenvalue weighted by atomic mass is 16.3. The maximum atomic E-state index is 9.01. The van der Waals surface area contributed by atoms with Gasteiger partial charge in [0.1, 0.15) is 6.33 Å². The molecular formula is C12H17N5O. The molecule has 0 radical (unpaired) electrons. The lowest BCUT2D eigenvalue weighted by Gasteiger charge is -2.27. The summed E-state index contributed by atoms with van der Waals surface area (Å²) in [5.74, 6) is 0.927. The Balaban J connectivity index is 2.01. The van der Waals surface area contributed by atoms with Crippen LogP contribution in [-0.2, 0) is 6.54 Å². The molecule has 1 aliphatic heterocycles. The molecule has 0 amide bonds. The molecule has 3 heterocycles. The van der Waals surface area contributed by atoms with Gasteiger partial charge in [-0.1, -0.05) is 0 Å². The van der Waals surface area contributed by atoms with Crippen molar-refractivity contribution in [2.24, 2.45) is 0 Å². The fourth-order valence-corrected chi connectivity index (χ4v) is 2.48. The maximum Gasteiger partial charge on any atom is 0.165 e. The molecule has 1 saturated heterocycles. The largest absolute Gasteiger partial charge is 0.395 e. The molecule has 0 aliphatic carbocycles. The van der Waals surface area contributed by atoms with Crippen molar-refractivity contribution < 1.29 is 5.11 Å². The predicted octanol–water partition coefficient (Wildman–Crippen LogP) is 0.809. The van der Waals surface area contributed by atoms with Gasteiger partial charge in [0.2, 0.25) is 0 Å². The van der Waals surface area contributed by atoms with Crippen LogP contribution in [0.4, 0.5) is 5.82 Å². The number of piperidine rings is 1. The van der Waals surface area contributed by atoms with Gasteiger partial charge in [-0.15, -0.1) is 0 Å². The van der Waals surface area contributed by atoms with Crippen LogP contribution in [0.3, 0.4) is 0 Å². The SMILES string of the molecule is OCCn1cnc2c(N3CCCCC3)ncnc21. The first kappa shape index (κ1) is 11.4. The highest BCUT2D eigenvalue weighted by Crippen LogP contribution is 2.24. The smallest absolute Gasteiger partial charge is 0.165 e. The van der Waals surface area contributed by atoms with Crippen LogP contribution in [0.5, 0.6) is 0 Å². The van der Waals surface area contributed by atoms with Crippen molar-refractivity contribution in [3.05, 3.63) is 12.7 Å². The molecule has 3 rings (SSSR count). The average Bonchev–Trinajstić information content (AvgIpc) is 2.84. The molecule has 2 aromatic heterocycles. The molecule has 2 aromatic rings. The highest BCUT2D eigenvalue weighted by Gasteiger charge is 2.17. The molecule has 0 unspecified atom stereocenters. The van der Waals surface area contributed by atoms with Gasteiger partial charge >= 0.3 is 0 Å². The van der Waals surface area contributed by atoms with Crippen LogP contribution in [0.2, 0.25) is 0 Å². The summed E-state index contributed by atoms with van der Waals surface area (Å²) >= 11 is 0. The zero-order valence-corrected chi connectivity index (χ0v) is 10.3. The summed E-state index contributed by atoms with van der Waals surface area (Å²) in [7, 11) is 0. The zero-order valence-electron chi connectivity index (χ0n) is 10.3. The molecule has 0 atom stereocenters. The molecule has 0 aromatic carbocycles. The number of aliphatic hydroxyl groups excluding tert-OH is 1. The van der Waals surface area contributed by atoms with Crippen molar-refractivity contribution >= 4 is 17.0 Å². The molecule has 6 nitrogen and oxygen atoms in total. The fourth-order valence-electron chi connectivity index (χ4n) is 2.48. The van der Waals surface area contributed by atoms with Crippen molar-refractivity contribution in [3.63, 3.8) is 0 Å². The van der Waals surface area contributed by atoms with Crippen LogP contribution in [0, 0.1) is 0 Å². The van der Waals surface area contributed by atoms with E-state index in [1.807, 2.05) is 4.57 Å². The number of hydrogen-bond acceptors (Lipinski definition) is 5. The molecule has 96 valence electrons. The third kappa shape index (κ3) is 1.92. The number of fused-ring (bicyclic) bond motifs is 1. The molecule has 0 spiro atoms. The Labute approximate surface area is 105 Å². The lowest BCUT2D eigenvalue weighted by Crippen LogP contribution is -2.30. The quantitative estimate of drug-likeness (QED) is 0.869. The highest BCUT2D eigenvalue weighted by molar-refractivity contribution is 5.83. The number of nitrogens with zero attached hydrogens (tertiary/aromatic N) is 5. The molecule has 1 fully saturated rings. The lowest BCUT2D eigenvalue weighted by molar-refractivity contribution is 0.277. The number of rotatable bonds is 3. The fraction of sp³-hybridized carbons (Fsp3) is 0.583. The second-order valence-corrected chi connectivity index (χ2v) is 4.58. The summed E-state index contributed by atoms with van der Waals surface area (Å²) < 4.78 is 1.87. The van der Waals surface area contributed by atoms with E-state index in [0.717, 1.165) is 30.1 Å². The third-order valence-electron chi connectivity index (χ3n) is 3.38. The van der Waals surface area contributed by atoms with Gasteiger partial charge in [-0.05, 0) is 19.3 Å². The van der Waals surface area contributed by atoms with E-state index < -0.39 is 0 Å². The molecule has 0 bridgehead atoms. The summed E-state index contributed by atoms with van der Waals surface area (Å²) in [5.41, 5.74) is 1.65. The Morgan fingerprint density at radius 3 is 2.72 bits per heavy atom. The monoisotopic (exact) mass is 247 g/mol. The van der Waals surface area contributed by atoms with E-state index in [9.17, 15) is 0 Å². The van der Waals surface area contributed by atoms with E-state index in [1.165, 1.54) is 19.3 Å². The van der Waals surface area contributed by atoms with Gasteiger partial charge < -0.3 is 14.6 Å². The van der Waals surface area contributed by atoms with Crippen LogP contribution < -0.4 is 4.90 Å². The van der Waals surface area contributed by atoms with Gasteiger partial charge in [-0.25, -0.2) is 15.0 Å². The standard InChI is InChI=1S/C12H17N5O/c18-7-6-17-9-15-10-11(13-8-14-12(10)17)16-4-2-1-3-5-16/h8-9,18H,1-7H2. The molecule has 1 N–H and O–H groups in total. The summed E-state index contributed by atoms with van der Waals surface area (Å²) in [6.07, 6.45) is 7.03. The summed E-state index contributed by atoms with van der Waals surface area (Å²) in [5, 5.41) is 9.01. The number of hydrogen-bond donors (Lipinski definition) is 1. The van der Waals surface area contributed by atoms with E-state index in [2.05, 4.69) is 19.9 Å². The number of aliphatic hydroxyl groups is 1. The zero-order chi connectivity index (χ0) is 12.4. The normalized spacial score (nSPS) is 16.4. The van der Waals surface area contributed by atoms with Gasteiger partial charge in [-0.2, -0.15) is 0 Å². The number of imidazole rings is 1. The maximum absolute atomic E-state index is 9.01. The van der Waals surface area contributed by atoms with E-state index >= 15 is 0 Å². The van der Waals surface area contributed by atoms with E-state index in [-0.39, 0.29) is 6.61 Å². The first-order valence-corrected chi connectivity index (χ1v) is 6.42. The number of anilines is 1. The Morgan fingerprint density at radius 2 is 1.94 bits per heavy atom. The minimum Gasteiger partial charge on any atom is -0.395 e. The lowest BCUT2D eigenvalue weighted by atomic mass is 10.1. The number of aromatic nitrogens is 4. The summed E-state index contributed by atoms with van der Waals surface area (Å²) in [6.45, 7) is 2.69. The van der Waals surface area contributed by atoms with E-state index in [1.54, 1.807) is 12.7 Å². The second kappa shape index (κ2) is 4.89. The van der Waals surface area contributed by atoms with E-state index in [0.29, 0.717) is 6.54 Å². The van der Waals surface area contributed by atoms with Gasteiger partial charge in [0.05, 0.1) is 12.9 Å². The van der Waals surface area contributed by atoms with Crippen LogP contribution in [0.1, 0.15) is 19.3 Å². The first-order valence-electron chi connectivity index (χ1n) is 6.42. The molecule has 1 aliphatic rings. The van der Waals surface area contributed by atoms with Gasteiger partial charge in [0.15, 0.2) is 17.0 Å².